The molecule has 1 N–H and O–H groups in total. The van der Waals surface area contributed by atoms with Gasteiger partial charge < -0.3 is 5.11 Å². The van der Waals surface area contributed by atoms with Crippen molar-refractivity contribution in [2.45, 2.75) is 0 Å². The maximum Gasteiger partial charge on any atom is 0.337 e. The molecular formula is C12H8ClNO2. The minimum atomic E-state index is -1.01. The van der Waals surface area contributed by atoms with Crippen molar-refractivity contribution in [1.82, 2.24) is 4.98 Å². The molecule has 80 valence electrons. The minimum absolute atomic E-state index is 0.149. The largest absolute Gasteiger partial charge is 0.478 e. The summed E-state index contributed by atoms with van der Waals surface area (Å²) in [6.45, 7) is 0. The van der Waals surface area contributed by atoms with Gasteiger partial charge in [-0.15, -0.1) is 0 Å². The van der Waals surface area contributed by atoms with E-state index < -0.39 is 5.97 Å². The Kier molecular flexibility index (Phi) is 2.88. The Morgan fingerprint density at radius 1 is 1.19 bits per heavy atom. The van der Waals surface area contributed by atoms with Crippen molar-refractivity contribution in [3.8, 4) is 11.3 Å². The van der Waals surface area contributed by atoms with E-state index in [1.54, 1.807) is 36.5 Å². The summed E-state index contributed by atoms with van der Waals surface area (Å²) in [6, 6.07) is 10.1. The number of rotatable bonds is 2. The molecule has 0 unspecified atom stereocenters. The van der Waals surface area contributed by atoms with Crippen LogP contribution in [0.15, 0.2) is 42.6 Å². The maximum atomic E-state index is 11.0. The summed E-state index contributed by atoms with van der Waals surface area (Å²) in [7, 11) is 0. The Labute approximate surface area is 97.3 Å². The fourth-order valence-corrected chi connectivity index (χ4v) is 1.67. The van der Waals surface area contributed by atoms with Crippen LogP contribution >= 0.6 is 11.6 Å². The van der Waals surface area contributed by atoms with Crippen LogP contribution in [0.5, 0.6) is 0 Å². The third kappa shape index (κ3) is 1.90. The number of carboxylic acids is 1. The van der Waals surface area contributed by atoms with E-state index in [-0.39, 0.29) is 5.56 Å². The van der Waals surface area contributed by atoms with Gasteiger partial charge in [-0.3, -0.25) is 4.98 Å². The highest BCUT2D eigenvalue weighted by molar-refractivity contribution is 6.33. The zero-order chi connectivity index (χ0) is 11.5. The zero-order valence-electron chi connectivity index (χ0n) is 8.22. The molecule has 0 saturated heterocycles. The molecule has 16 heavy (non-hydrogen) atoms. The van der Waals surface area contributed by atoms with Gasteiger partial charge in [0.05, 0.1) is 11.3 Å². The van der Waals surface area contributed by atoms with E-state index in [4.69, 9.17) is 16.7 Å². The first kappa shape index (κ1) is 10.6. The Hall–Kier alpha value is -1.87. The van der Waals surface area contributed by atoms with Crippen LogP contribution in [0.2, 0.25) is 5.02 Å². The number of aromatic carboxylic acids is 1. The standard InChI is InChI=1S/C12H8ClNO2/c13-10-6-2-1-4-8(10)11-9(12(15)16)5-3-7-14-11/h1-7H,(H,15,16). The highest BCUT2D eigenvalue weighted by Crippen LogP contribution is 2.28. The van der Waals surface area contributed by atoms with E-state index in [0.717, 1.165) is 0 Å². The molecular weight excluding hydrogens is 226 g/mol. The van der Waals surface area contributed by atoms with Crippen LogP contribution in [-0.2, 0) is 0 Å². The quantitative estimate of drug-likeness (QED) is 0.867. The molecule has 0 aliphatic rings. The fourth-order valence-electron chi connectivity index (χ4n) is 1.45. The van der Waals surface area contributed by atoms with Gasteiger partial charge in [0.25, 0.3) is 0 Å². The Morgan fingerprint density at radius 3 is 2.62 bits per heavy atom. The van der Waals surface area contributed by atoms with Crippen molar-refractivity contribution in [2.24, 2.45) is 0 Å². The number of benzene rings is 1. The van der Waals surface area contributed by atoms with Crippen molar-refractivity contribution >= 4 is 17.6 Å². The molecule has 0 spiro atoms. The molecule has 2 rings (SSSR count). The second kappa shape index (κ2) is 4.33. The molecule has 0 aliphatic carbocycles. The summed E-state index contributed by atoms with van der Waals surface area (Å²) in [4.78, 5) is 15.1. The number of hydrogen-bond acceptors (Lipinski definition) is 2. The number of halogens is 1. The second-order valence-electron chi connectivity index (χ2n) is 3.18. The summed E-state index contributed by atoms with van der Waals surface area (Å²) < 4.78 is 0. The van der Waals surface area contributed by atoms with Gasteiger partial charge in [0.2, 0.25) is 0 Å². The van der Waals surface area contributed by atoms with E-state index >= 15 is 0 Å². The summed E-state index contributed by atoms with van der Waals surface area (Å²) in [6.07, 6.45) is 1.55. The van der Waals surface area contributed by atoms with E-state index in [9.17, 15) is 4.79 Å². The van der Waals surface area contributed by atoms with Gasteiger partial charge in [0, 0.05) is 16.8 Å². The van der Waals surface area contributed by atoms with Gasteiger partial charge in [0.1, 0.15) is 0 Å². The van der Waals surface area contributed by atoms with Gasteiger partial charge in [-0.25, -0.2) is 4.79 Å². The van der Waals surface area contributed by atoms with Crippen molar-refractivity contribution < 1.29 is 9.90 Å². The summed E-state index contributed by atoms with van der Waals surface area (Å²) in [5, 5.41) is 9.52. The van der Waals surface area contributed by atoms with Crippen LogP contribution in [0.1, 0.15) is 10.4 Å². The monoisotopic (exact) mass is 233 g/mol. The van der Waals surface area contributed by atoms with Crippen molar-refractivity contribution in [2.75, 3.05) is 0 Å². The topological polar surface area (TPSA) is 50.2 Å². The average molecular weight is 234 g/mol. The number of pyridine rings is 1. The highest BCUT2D eigenvalue weighted by Gasteiger charge is 2.13. The smallest absolute Gasteiger partial charge is 0.337 e. The van der Waals surface area contributed by atoms with Crippen molar-refractivity contribution in [1.29, 1.82) is 0 Å². The molecule has 4 heteroatoms. The van der Waals surface area contributed by atoms with Crippen LogP contribution in [0.3, 0.4) is 0 Å². The van der Waals surface area contributed by atoms with Crippen LogP contribution in [0.4, 0.5) is 0 Å². The van der Waals surface area contributed by atoms with Gasteiger partial charge in [-0.05, 0) is 18.2 Å². The maximum absolute atomic E-state index is 11.0. The number of carboxylic acid groups (broad SMARTS) is 1. The van der Waals surface area contributed by atoms with Crippen LogP contribution in [0, 0.1) is 0 Å². The number of carbonyl (C=O) groups is 1. The Bertz CT molecular complexity index is 540. The van der Waals surface area contributed by atoms with Crippen LogP contribution in [0.25, 0.3) is 11.3 Å². The number of nitrogens with zero attached hydrogens (tertiary/aromatic N) is 1. The SMILES string of the molecule is O=C(O)c1cccnc1-c1ccccc1Cl. The molecule has 0 bridgehead atoms. The van der Waals surface area contributed by atoms with Crippen molar-refractivity contribution in [3.05, 3.63) is 53.2 Å². The molecule has 0 fully saturated rings. The Morgan fingerprint density at radius 2 is 1.94 bits per heavy atom. The van der Waals surface area contributed by atoms with E-state index in [1.807, 2.05) is 0 Å². The predicted molar refractivity (Wildman–Crippen MR) is 61.6 cm³/mol. The molecule has 0 atom stereocenters. The highest BCUT2D eigenvalue weighted by atomic mass is 35.5. The number of hydrogen-bond donors (Lipinski definition) is 1. The van der Waals surface area contributed by atoms with Gasteiger partial charge >= 0.3 is 5.97 Å². The summed E-state index contributed by atoms with van der Waals surface area (Å²) in [5.41, 5.74) is 1.17. The van der Waals surface area contributed by atoms with Crippen LogP contribution in [-0.4, -0.2) is 16.1 Å². The van der Waals surface area contributed by atoms with E-state index in [0.29, 0.717) is 16.3 Å². The lowest BCUT2D eigenvalue weighted by molar-refractivity contribution is 0.0697. The molecule has 0 radical (unpaired) electrons. The molecule has 0 aliphatic heterocycles. The zero-order valence-corrected chi connectivity index (χ0v) is 8.98. The first-order chi connectivity index (χ1) is 7.70. The molecule has 3 nitrogen and oxygen atoms in total. The fraction of sp³-hybridized carbons (Fsp3) is 0. The lowest BCUT2D eigenvalue weighted by Crippen LogP contribution is -2.01. The minimum Gasteiger partial charge on any atom is -0.478 e. The molecule has 2 aromatic rings. The lowest BCUT2D eigenvalue weighted by atomic mass is 10.1. The van der Waals surface area contributed by atoms with E-state index in [1.165, 1.54) is 6.07 Å². The molecule has 1 aromatic carbocycles. The molecule has 1 aromatic heterocycles. The third-order valence-electron chi connectivity index (χ3n) is 2.17. The van der Waals surface area contributed by atoms with Gasteiger partial charge in [-0.1, -0.05) is 29.8 Å². The average Bonchev–Trinajstić information content (AvgIpc) is 2.29. The van der Waals surface area contributed by atoms with Gasteiger partial charge in [-0.2, -0.15) is 0 Å². The Balaban J connectivity index is 2.65. The van der Waals surface area contributed by atoms with Crippen molar-refractivity contribution in [3.63, 3.8) is 0 Å². The predicted octanol–water partition coefficient (Wildman–Crippen LogP) is 3.10. The molecule has 1 heterocycles. The van der Waals surface area contributed by atoms with E-state index in [2.05, 4.69) is 4.98 Å². The molecule has 0 amide bonds. The summed E-state index contributed by atoms with van der Waals surface area (Å²) in [5.74, 6) is -1.01. The number of aromatic nitrogens is 1. The third-order valence-corrected chi connectivity index (χ3v) is 2.50. The molecule has 0 saturated carbocycles. The lowest BCUT2D eigenvalue weighted by Gasteiger charge is -2.06. The first-order valence-corrected chi connectivity index (χ1v) is 5.01. The van der Waals surface area contributed by atoms with Gasteiger partial charge in [0.15, 0.2) is 0 Å². The summed E-state index contributed by atoms with van der Waals surface area (Å²) >= 11 is 6.00. The second-order valence-corrected chi connectivity index (χ2v) is 3.59. The van der Waals surface area contributed by atoms with Crippen LogP contribution < -0.4 is 0 Å². The normalized spacial score (nSPS) is 10.1. The first-order valence-electron chi connectivity index (χ1n) is 4.63.